The molecular formula is C39H30BrFN2O2. The lowest BCUT2D eigenvalue weighted by Crippen LogP contribution is -1.93. The van der Waals surface area contributed by atoms with Crippen LogP contribution in [-0.2, 0) is 0 Å². The third-order valence-corrected chi connectivity index (χ3v) is 7.82. The number of para-hydroxylation sites is 4. The van der Waals surface area contributed by atoms with Crippen LogP contribution < -0.4 is 0 Å². The summed E-state index contributed by atoms with van der Waals surface area (Å²) in [7, 11) is -1.00. The van der Waals surface area contributed by atoms with Gasteiger partial charge in [0, 0.05) is 53.9 Å². The number of nitrogens with zero attached hydrogens (tertiary/aromatic N) is 1. The number of nitrogens with one attached hydrogen (secondary N) is 1. The van der Waals surface area contributed by atoms with E-state index in [0.29, 0.717) is 11.1 Å². The molecule has 6 aromatic carbocycles. The summed E-state index contributed by atoms with van der Waals surface area (Å²) in [5.74, 6) is 0. The van der Waals surface area contributed by atoms with Gasteiger partial charge in [0.25, 0.3) is 0 Å². The minimum absolute atomic E-state index is 0.694. The number of aromatic amines is 1. The van der Waals surface area contributed by atoms with Crippen LogP contribution in [0.4, 0.5) is 4.39 Å². The van der Waals surface area contributed by atoms with Crippen molar-refractivity contribution in [3.05, 3.63) is 161 Å². The second-order valence-corrected chi connectivity index (χ2v) is 10.9. The molecule has 2 heterocycles. The average Bonchev–Trinajstić information content (AvgIpc) is 3.66. The zero-order valence-electron chi connectivity index (χ0n) is 25.2. The van der Waals surface area contributed by atoms with E-state index < -0.39 is 7.15 Å². The Balaban J connectivity index is 0.000000142. The summed E-state index contributed by atoms with van der Waals surface area (Å²) in [4.78, 5) is 24.3. The molecule has 0 atom stereocenters. The van der Waals surface area contributed by atoms with Gasteiger partial charge in [-0.05, 0) is 60.7 Å². The summed E-state index contributed by atoms with van der Waals surface area (Å²) < 4.78 is 18.7. The Bertz CT molecular complexity index is 2100. The Labute approximate surface area is 270 Å². The molecule has 0 saturated heterocycles. The molecule has 8 rings (SSSR count). The van der Waals surface area contributed by atoms with Crippen molar-refractivity contribution in [2.24, 2.45) is 0 Å². The van der Waals surface area contributed by atoms with E-state index >= 15 is 0 Å². The zero-order valence-corrected chi connectivity index (χ0v) is 25.8. The van der Waals surface area contributed by atoms with Crippen LogP contribution in [0.15, 0.2) is 150 Å². The van der Waals surface area contributed by atoms with Crippen molar-refractivity contribution in [2.75, 3.05) is 7.15 Å². The predicted molar refractivity (Wildman–Crippen MR) is 189 cm³/mol. The van der Waals surface area contributed by atoms with Crippen molar-refractivity contribution < 1.29 is 15.4 Å². The van der Waals surface area contributed by atoms with Gasteiger partial charge in [-0.25, -0.2) is 0 Å². The second kappa shape index (κ2) is 14.9. The van der Waals surface area contributed by atoms with Gasteiger partial charge >= 0.3 is 0 Å². The number of hydrogen-bond acceptors (Lipinski definition) is 2. The van der Waals surface area contributed by atoms with Crippen molar-refractivity contribution in [2.45, 2.75) is 0 Å². The van der Waals surface area contributed by atoms with Gasteiger partial charge < -0.3 is 9.55 Å². The number of carbonyl (C=O) groups is 2. The lowest BCUT2D eigenvalue weighted by atomic mass is 10.2. The third kappa shape index (κ3) is 6.92. The number of aldehydes is 2. The molecule has 0 fully saturated rings. The topological polar surface area (TPSA) is 54.9 Å². The Morgan fingerprint density at radius 2 is 0.956 bits per heavy atom. The first-order valence-electron chi connectivity index (χ1n) is 14.8. The fourth-order valence-corrected chi connectivity index (χ4v) is 5.51. The molecule has 0 spiro atoms. The van der Waals surface area contributed by atoms with Crippen molar-refractivity contribution >= 4 is 72.1 Å². The molecule has 2 aromatic heterocycles. The normalized spacial score (nSPS) is 10.6. The Morgan fingerprint density at radius 1 is 0.578 bits per heavy atom. The molecule has 0 aliphatic carbocycles. The molecule has 4 nitrogen and oxygen atoms in total. The first-order valence-corrected chi connectivity index (χ1v) is 14.9. The molecule has 45 heavy (non-hydrogen) atoms. The standard InChI is InChI=1S/C19H13NO.C12H9N.C7H5BrO.CH3F/c21-13-14-9-11-15(12-10-14)20-18-7-3-1-5-16(18)17-6-2-4-8-19(17)20;1-3-7-11-9(5-1)10-6-2-4-8-12(10)13-11;8-7-3-1-6(5-9)2-4-7;1-2/h1-13H;1-8,13H;1-5H;1H3/i;;;1D. The number of alkyl halides is 1. The summed E-state index contributed by atoms with van der Waals surface area (Å²) in [5, 5.41) is 5.09. The first-order chi connectivity index (χ1) is 22.6. The van der Waals surface area contributed by atoms with Crippen molar-refractivity contribution in [1.29, 1.82) is 0 Å². The smallest absolute Gasteiger partial charge is 0.150 e. The molecule has 0 amide bonds. The molecular weight excluding hydrogens is 627 g/mol. The Hall–Kier alpha value is -5.33. The average molecular weight is 659 g/mol. The van der Waals surface area contributed by atoms with E-state index in [2.05, 4.69) is 123 Å². The number of benzene rings is 6. The molecule has 8 aromatic rings. The maximum Gasteiger partial charge on any atom is 0.150 e. The summed E-state index contributed by atoms with van der Waals surface area (Å²) >= 11 is 3.26. The van der Waals surface area contributed by atoms with Crippen LogP contribution >= 0.6 is 15.9 Å². The highest BCUT2D eigenvalue weighted by atomic mass is 79.9. The molecule has 6 heteroatoms. The molecule has 0 bridgehead atoms. The van der Waals surface area contributed by atoms with Crippen LogP contribution in [0.3, 0.4) is 0 Å². The Morgan fingerprint density at radius 3 is 1.40 bits per heavy atom. The highest BCUT2D eigenvalue weighted by Crippen LogP contribution is 2.31. The maximum absolute atomic E-state index is 10.8. The fourth-order valence-electron chi connectivity index (χ4n) is 5.24. The number of halogens is 2. The van der Waals surface area contributed by atoms with Crippen LogP contribution in [-0.4, -0.2) is 29.3 Å². The molecule has 0 radical (unpaired) electrons. The van der Waals surface area contributed by atoms with E-state index in [1.807, 2.05) is 36.4 Å². The highest BCUT2D eigenvalue weighted by Gasteiger charge is 2.10. The number of carbonyl (C=O) groups excluding carboxylic acids is 2. The van der Waals surface area contributed by atoms with Crippen molar-refractivity contribution in [3.8, 4) is 5.69 Å². The van der Waals surface area contributed by atoms with Crippen LogP contribution in [0.2, 0.25) is 0 Å². The van der Waals surface area contributed by atoms with E-state index in [9.17, 15) is 14.0 Å². The van der Waals surface area contributed by atoms with E-state index in [-0.39, 0.29) is 0 Å². The minimum atomic E-state index is -1.00. The van der Waals surface area contributed by atoms with Gasteiger partial charge in [-0.3, -0.25) is 14.0 Å². The first kappa shape index (κ1) is 29.7. The Kier molecular flexibility index (Phi) is 9.85. The molecule has 1 N–H and O–H groups in total. The van der Waals surface area contributed by atoms with Crippen LogP contribution in [0, 0.1) is 0 Å². The van der Waals surface area contributed by atoms with Crippen molar-refractivity contribution in [1.82, 2.24) is 9.55 Å². The summed E-state index contributed by atoms with van der Waals surface area (Å²) in [6, 6.07) is 48.4. The van der Waals surface area contributed by atoms with E-state index in [1.54, 1.807) is 12.1 Å². The molecule has 0 aliphatic heterocycles. The molecule has 222 valence electrons. The number of H-pyrrole nitrogens is 1. The summed E-state index contributed by atoms with van der Waals surface area (Å²) in [5.41, 5.74) is 7.25. The van der Waals surface area contributed by atoms with Gasteiger partial charge in [0.1, 0.15) is 12.6 Å². The highest BCUT2D eigenvalue weighted by molar-refractivity contribution is 9.10. The lowest BCUT2D eigenvalue weighted by Gasteiger charge is -2.07. The van der Waals surface area contributed by atoms with Gasteiger partial charge in [0.05, 0.1) is 19.6 Å². The second-order valence-electron chi connectivity index (χ2n) is 9.96. The molecule has 0 saturated carbocycles. The maximum atomic E-state index is 10.8. The third-order valence-electron chi connectivity index (χ3n) is 7.29. The van der Waals surface area contributed by atoms with Crippen LogP contribution in [0.5, 0.6) is 0 Å². The van der Waals surface area contributed by atoms with Crippen molar-refractivity contribution in [3.63, 3.8) is 0 Å². The van der Waals surface area contributed by atoms with Crippen LogP contribution in [0.1, 0.15) is 22.1 Å². The lowest BCUT2D eigenvalue weighted by molar-refractivity contribution is 0.111. The summed E-state index contributed by atoms with van der Waals surface area (Å²) in [6.45, 7) is 0. The largest absolute Gasteiger partial charge is 0.355 e. The number of hydrogen-bond donors (Lipinski definition) is 1. The molecule has 0 unspecified atom stereocenters. The van der Waals surface area contributed by atoms with E-state index in [4.69, 9.17) is 1.37 Å². The van der Waals surface area contributed by atoms with E-state index in [0.717, 1.165) is 22.7 Å². The van der Waals surface area contributed by atoms with Gasteiger partial charge in [0.2, 0.25) is 0 Å². The van der Waals surface area contributed by atoms with Gasteiger partial charge in [-0.1, -0.05) is 101 Å². The molecule has 0 aliphatic rings. The predicted octanol–water partition coefficient (Wildman–Crippen LogP) is 10.8. The fraction of sp³-hybridized carbons (Fsp3) is 0.0256. The quantitative estimate of drug-likeness (QED) is 0.192. The SMILES string of the molecule is O=Cc1ccc(-n2c3ccccc3c3ccccc32)cc1.O=Cc1ccc(Br)cc1.[2H]CF.c1ccc2c(c1)[nH]c1ccccc12. The number of aromatic nitrogens is 2. The summed E-state index contributed by atoms with van der Waals surface area (Å²) in [6.07, 6.45) is 1.70. The monoisotopic (exact) mass is 657 g/mol. The van der Waals surface area contributed by atoms with E-state index in [1.165, 1.54) is 43.6 Å². The van der Waals surface area contributed by atoms with Gasteiger partial charge in [-0.2, -0.15) is 0 Å². The van der Waals surface area contributed by atoms with Crippen LogP contribution in [0.25, 0.3) is 49.3 Å². The minimum Gasteiger partial charge on any atom is -0.355 e. The number of rotatable bonds is 3. The van der Waals surface area contributed by atoms with Gasteiger partial charge in [0.15, 0.2) is 0 Å². The number of fused-ring (bicyclic) bond motifs is 6. The zero-order chi connectivity index (χ0) is 32.3. The van der Waals surface area contributed by atoms with Gasteiger partial charge in [-0.15, -0.1) is 0 Å².